The van der Waals surface area contributed by atoms with Gasteiger partial charge in [-0.1, -0.05) is 60.7 Å². The number of hydrogen-bond donors (Lipinski definition) is 0. The van der Waals surface area contributed by atoms with Crippen molar-refractivity contribution in [1.29, 1.82) is 15.8 Å². The largest absolute Gasteiger partial charge is 0.310 e. The molecule has 47 heavy (non-hydrogen) atoms. The Labute approximate surface area is 270 Å². The maximum absolute atomic E-state index is 10.5. The maximum atomic E-state index is 10.5. The van der Waals surface area contributed by atoms with Crippen LogP contribution in [-0.4, -0.2) is 9.13 Å². The van der Waals surface area contributed by atoms with Gasteiger partial charge in [-0.05, 0) is 72.6 Å². The Balaban J connectivity index is 1.64. The lowest BCUT2D eigenvalue weighted by molar-refractivity contribution is 1.13. The number of para-hydroxylation sites is 2. The van der Waals surface area contributed by atoms with Crippen LogP contribution in [-0.2, 0) is 0 Å². The van der Waals surface area contributed by atoms with Gasteiger partial charge in [0.2, 0.25) is 0 Å². The second-order valence-electron chi connectivity index (χ2n) is 11.6. The zero-order valence-electron chi connectivity index (χ0n) is 25.2. The van der Waals surface area contributed by atoms with Gasteiger partial charge in [0.05, 0.1) is 69.4 Å². The first-order chi connectivity index (χ1) is 23.0. The summed E-state index contributed by atoms with van der Waals surface area (Å²) in [5, 5.41) is 34.4. The molecule has 0 aliphatic carbocycles. The minimum absolute atomic E-state index is 0.446. The van der Waals surface area contributed by atoms with Crippen LogP contribution in [0.15, 0.2) is 115 Å². The number of benzene rings is 6. The summed E-state index contributed by atoms with van der Waals surface area (Å²) in [6.07, 6.45) is 0. The van der Waals surface area contributed by atoms with E-state index in [1.54, 1.807) is 0 Å². The highest BCUT2D eigenvalue weighted by Gasteiger charge is 2.24. The van der Waals surface area contributed by atoms with Crippen molar-refractivity contribution in [2.75, 3.05) is 0 Å². The summed E-state index contributed by atoms with van der Waals surface area (Å²) in [5.41, 5.74) is 9.54. The fourth-order valence-electron chi connectivity index (χ4n) is 6.90. The quantitative estimate of drug-likeness (QED) is 0.190. The molecule has 6 heteroatoms. The first-order valence-electron chi connectivity index (χ1n) is 15.0. The van der Waals surface area contributed by atoms with Crippen molar-refractivity contribution in [3.63, 3.8) is 0 Å². The number of rotatable bonds is 3. The Kier molecular flexibility index (Phi) is 6.13. The molecule has 0 amide bonds. The van der Waals surface area contributed by atoms with Crippen molar-refractivity contribution >= 4 is 49.3 Å². The van der Waals surface area contributed by atoms with E-state index in [1.165, 1.54) is 0 Å². The number of nitriles is 3. The van der Waals surface area contributed by atoms with Gasteiger partial charge in [-0.2, -0.15) is 15.8 Å². The lowest BCUT2D eigenvalue weighted by Gasteiger charge is -2.21. The van der Waals surface area contributed by atoms with E-state index in [2.05, 4.69) is 50.4 Å². The molecule has 0 saturated carbocycles. The monoisotopic (exact) mass is 598 g/mol. The normalized spacial score (nSPS) is 11.0. The third-order valence-electron chi connectivity index (χ3n) is 8.79. The van der Waals surface area contributed by atoms with E-state index < -0.39 is 0 Å². The molecule has 6 nitrogen and oxygen atoms in total. The summed E-state index contributed by atoms with van der Waals surface area (Å²) in [6, 6.07) is 44.1. The summed E-state index contributed by atoms with van der Waals surface area (Å²) in [4.78, 5) is 3.73. The molecular formula is C41H22N6. The van der Waals surface area contributed by atoms with E-state index in [1.807, 2.05) is 104 Å². The third kappa shape index (κ3) is 4.15. The molecule has 8 rings (SSSR count). The van der Waals surface area contributed by atoms with Gasteiger partial charge in [-0.15, -0.1) is 0 Å². The van der Waals surface area contributed by atoms with Crippen molar-refractivity contribution in [3.05, 3.63) is 149 Å². The van der Waals surface area contributed by atoms with Gasteiger partial charge in [-0.25, -0.2) is 4.85 Å². The first-order valence-corrected chi connectivity index (χ1v) is 15.0. The smallest absolute Gasteiger partial charge is 0.189 e. The molecule has 216 valence electrons. The van der Waals surface area contributed by atoms with Gasteiger partial charge in [0, 0.05) is 32.6 Å². The van der Waals surface area contributed by atoms with E-state index in [0.29, 0.717) is 22.4 Å². The maximum Gasteiger partial charge on any atom is 0.189 e. The zero-order chi connectivity index (χ0) is 32.2. The molecule has 0 aliphatic heterocycles. The predicted octanol–water partition coefficient (Wildman–Crippen LogP) is 10.0. The molecule has 0 bridgehead atoms. The van der Waals surface area contributed by atoms with Crippen LogP contribution in [0.4, 0.5) is 5.69 Å². The average Bonchev–Trinajstić information content (AvgIpc) is 3.62. The SMILES string of the molecule is [C-]#[N+]c1ccc2c3ccccc3n(-c3cc(C#N)cc(-n4c5ccccc5c5ccc(C#N)cc54)c3-c3cc(C)cc(C#N)c3)c2c1. The highest BCUT2D eigenvalue weighted by Crippen LogP contribution is 2.43. The highest BCUT2D eigenvalue weighted by molar-refractivity contribution is 6.12. The van der Waals surface area contributed by atoms with Crippen LogP contribution in [0, 0.1) is 47.5 Å². The standard InChI is InChI=1S/C41H22N6/c1-25-15-27(23-43)17-29(16-25)41-39(46-35-9-5-3-7-31(35)33-13-11-26(22-42)18-37(33)46)19-28(24-44)20-40(41)47-36-10-6-4-8-32(36)34-14-12-30(45-2)21-38(34)47/h3-21H,1H3. The van der Waals surface area contributed by atoms with Crippen LogP contribution in [0.1, 0.15) is 22.3 Å². The fraction of sp³-hybridized carbons (Fsp3) is 0.0244. The van der Waals surface area contributed by atoms with E-state index >= 15 is 0 Å². The number of hydrogen-bond acceptors (Lipinski definition) is 3. The van der Waals surface area contributed by atoms with Crippen LogP contribution in [0.3, 0.4) is 0 Å². The molecule has 0 fully saturated rings. The minimum Gasteiger partial charge on any atom is -0.310 e. The Morgan fingerprint density at radius 2 is 1.06 bits per heavy atom. The van der Waals surface area contributed by atoms with Crippen molar-refractivity contribution in [2.45, 2.75) is 6.92 Å². The molecule has 0 spiro atoms. The van der Waals surface area contributed by atoms with Crippen LogP contribution < -0.4 is 0 Å². The number of fused-ring (bicyclic) bond motifs is 6. The third-order valence-corrected chi connectivity index (χ3v) is 8.79. The number of aromatic nitrogens is 2. The van der Waals surface area contributed by atoms with Gasteiger partial charge < -0.3 is 9.13 Å². The van der Waals surface area contributed by atoms with Crippen molar-refractivity contribution in [2.24, 2.45) is 0 Å². The van der Waals surface area contributed by atoms with Crippen LogP contribution in [0.5, 0.6) is 0 Å². The molecular weight excluding hydrogens is 576 g/mol. The summed E-state index contributed by atoms with van der Waals surface area (Å²) in [5.74, 6) is 0. The minimum atomic E-state index is 0.446. The molecule has 0 radical (unpaired) electrons. The average molecular weight is 599 g/mol. The highest BCUT2D eigenvalue weighted by atomic mass is 15.0. The van der Waals surface area contributed by atoms with Gasteiger partial charge in [0.1, 0.15) is 0 Å². The molecule has 8 aromatic rings. The lowest BCUT2D eigenvalue weighted by Crippen LogP contribution is -2.05. The molecule has 0 aliphatic rings. The zero-order valence-corrected chi connectivity index (χ0v) is 25.2. The van der Waals surface area contributed by atoms with Gasteiger partial charge in [0.15, 0.2) is 5.69 Å². The van der Waals surface area contributed by atoms with E-state index in [4.69, 9.17) is 6.57 Å². The van der Waals surface area contributed by atoms with Crippen molar-refractivity contribution < 1.29 is 0 Å². The van der Waals surface area contributed by atoms with Crippen LogP contribution in [0.2, 0.25) is 0 Å². The van der Waals surface area contributed by atoms with Crippen molar-refractivity contribution in [1.82, 2.24) is 9.13 Å². The lowest BCUT2D eigenvalue weighted by atomic mass is 9.95. The Morgan fingerprint density at radius 1 is 0.532 bits per heavy atom. The number of aryl methyl sites for hydroxylation is 1. The fourth-order valence-corrected chi connectivity index (χ4v) is 6.90. The summed E-state index contributed by atoms with van der Waals surface area (Å²) in [7, 11) is 0. The van der Waals surface area contributed by atoms with Crippen molar-refractivity contribution in [3.8, 4) is 40.7 Å². The molecule has 6 aromatic carbocycles. The molecule has 0 atom stereocenters. The van der Waals surface area contributed by atoms with Crippen LogP contribution >= 0.6 is 0 Å². The Morgan fingerprint density at radius 3 is 1.66 bits per heavy atom. The molecule has 2 heterocycles. The van der Waals surface area contributed by atoms with Crippen LogP contribution in [0.25, 0.3) is 71.0 Å². The second kappa shape index (κ2) is 10.5. The molecule has 0 unspecified atom stereocenters. The van der Waals surface area contributed by atoms with E-state index in [0.717, 1.165) is 71.7 Å². The molecule has 2 aromatic heterocycles. The predicted molar refractivity (Wildman–Crippen MR) is 186 cm³/mol. The molecule has 0 N–H and O–H groups in total. The summed E-state index contributed by atoms with van der Waals surface area (Å²) < 4.78 is 4.25. The number of nitrogens with zero attached hydrogens (tertiary/aromatic N) is 6. The second-order valence-corrected chi connectivity index (χ2v) is 11.6. The summed E-state index contributed by atoms with van der Waals surface area (Å²) in [6.45, 7) is 9.74. The Hall–Kier alpha value is -7.12. The summed E-state index contributed by atoms with van der Waals surface area (Å²) >= 11 is 0. The van der Waals surface area contributed by atoms with Gasteiger partial charge >= 0.3 is 0 Å². The van der Waals surface area contributed by atoms with Gasteiger partial charge in [-0.3, -0.25) is 0 Å². The molecule has 0 saturated heterocycles. The van der Waals surface area contributed by atoms with E-state index in [9.17, 15) is 15.8 Å². The van der Waals surface area contributed by atoms with E-state index in [-0.39, 0.29) is 0 Å². The topological polar surface area (TPSA) is 85.6 Å². The van der Waals surface area contributed by atoms with Gasteiger partial charge in [0.25, 0.3) is 0 Å². The first kappa shape index (κ1) is 27.4. The Bertz CT molecular complexity index is 2650.